The van der Waals surface area contributed by atoms with Crippen LogP contribution in [0.25, 0.3) is 0 Å². The van der Waals surface area contributed by atoms with Gasteiger partial charge in [-0.05, 0) is 0 Å². The van der Waals surface area contributed by atoms with E-state index in [-0.39, 0.29) is 29.6 Å². The average molecular weight is 308 g/mol. The van der Waals surface area contributed by atoms with Crippen LogP contribution in [0.3, 0.4) is 0 Å². The molecule has 0 saturated carbocycles. The average Bonchev–Trinajstić information content (AvgIpc) is 2.24. The minimum absolute atomic E-state index is 0. The molecule has 11 nitrogen and oxygen atoms in total. The molecule has 2 unspecified atom stereocenters. The topological polar surface area (TPSA) is 169 Å². The van der Waals surface area contributed by atoms with Gasteiger partial charge in [0.1, 0.15) is 0 Å². The SMILES string of the molecule is O=C([O-])CC1(O)CC(=O)OOP(=O)(O)OOC1=O.[Na+]. The quantitative estimate of drug-likeness (QED) is 0.283. The van der Waals surface area contributed by atoms with Crippen LogP contribution in [-0.4, -0.2) is 33.5 Å². The van der Waals surface area contributed by atoms with E-state index in [1.165, 1.54) is 0 Å². The van der Waals surface area contributed by atoms with Gasteiger partial charge in [-0.15, -0.1) is 0 Å². The Morgan fingerprint density at radius 1 is 1.37 bits per heavy atom. The van der Waals surface area contributed by atoms with Crippen LogP contribution in [0.15, 0.2) is 0 Å². The summed E-state index contributed by atoms with van der Waals surface area (Å²) in [6.07, 6.45) is -2.52. The number of carboxylic acid groups (broad SMARTS) is 1. The van der Waals surface area contributed by atoms with Crippen molar-refractivity contribution in [3.05, 3.63) is 0 Å². The Kier molecular flexibility index (Phi) is 6.59. The maximum absolute atomic E-state index is 11.2. The molecule has 1 heterocycles. The number of carboxylic acids is 1. The predicted molar refractivity (Wildman–Crippen MR) is 43.4 cm³/mol. The zero-order chi connectivity index (χ0) is 14.0. The Morgan fingerprint density at radius 3 is 2.42 bits per heavy atom. The van der Waals surface area contributed by atoms with Gasteiger partial charge < -0.3 is 15.0 Å². The monoisotopic (exact) mass is 308 g/mol. The Bertz CT molecular complexity index is 435. The van der Waals surface area contributed by atoms with Crippen LogP contribution in [0.1, 0.15) is 12.8 Å². The van der Waals surface area contributed by atoms with E-state index in [4.69, 9.17) is 4.89 Å². The van der Waals surface area contributed by atoms with E-state index in [9.17, 15) is 29.2 Å². The zero-order valence-electron chi connectivity index (χ0n) is 9.43. The third-order valence-electron chi connectivity index (χ3n) is 1.69. The number of carbonyl (C=O) groups excluding carboxylic acids is 3. The van der Waals surface area contributed by atoms with Crippen LogP contribution >= 0.6 is 7.82 Å². The second-order valence-corrected chi connectivity index (χ2v) is 4.44. The summed E-state index contributed by atoms with van der Waals surface area (Å²) < 4.78 is 18.0. The smallest absolute Gasteiger partial charge is 0.550 e. The molecule has 102 valence electrons. The molecule has 1 rings (SSSR count). The van der Waals surface area contributed by atoms with Gasteiger partial charge in [-0.1, -0.05) is 9.35 Å². The van der Waals surface area contributed by atoms with Crippen LogP contribution in [0, 0.1) is 0 Å². The van der Waals surface area contributed by atoms with Gasteiger partial charge in [0.25, 0.3) is 0 Å². The normalized spacial score (nSPS) is 31.9. The van der Waals surface area contributed by atoms with Gasteiger partial charge in [0.05, 0.1) is 6.42 Å². The summed E-state index contributed by atoms with van der Waals surface area (Å²) in [5.41, 5.74) is -2.87. The molecule has 0 aromatic carbocycles. The number of phosphoric acid groups is 1. The number of hydrogen-bond acceptors (Lipinski definition) is 10. The van der Waals surface area contributed by atoms with Crippen molar-refractivity contribution in [2.75, 3.05) is 0 Å². The molecule has 0 bridgehead atoms. The molecular formula is C6H6NaO11P. The zero-order valence-corrected chi connectivity index (χ0v) is 12.3. The van der Waals surface area contributed by atoms with Crippen LogP contribution in [0.4, 0.5) is 0 Å². The molecule has 0 aliphatic carbocycles. The third-order valence-corrected chi connectivity index (χ3v) is 2.21. The molecule has 2 atom stereocenters. The summed E-state index contributed by atoms with van der Waals surface area (Å²) in [4.78, 5) is 48.7. The van der Waals surface area contributed by atoms with E-state index in [0.29, 0.717) is 0 Å². The minimum atomic E-state index is -5.01. The molecule has 2 N–H and O–H groups in total. The van der Waals surface area contributed by atoms with Gasteiger partial charge in [-0.2, -0.15) is 0 Å². The van der Waals surface area contributed by atoms with Crippen molar-refractivity contribution in [1.29, 1.82) is 0 Å². The predicted octanol–water partition coefficient (Wildman–Crippen LogP) is -5.68. The first-order valence-electron chi connectivity index (χ1n) is 4.19. The second kappa shape index (κ2) is 6.77. The maximum atomic E-state index is 11.2. The van der Waals surface area contributed by atoms with Gasteiger partial charge in [0.15, 0.2) is 5.60 Å². The van der Waals surface area contributed by atoms with Crippen LogP contribution in [0.2, 0.25) is 0 Å². The summed E-state index contributed by atoms with van der Waals surface area (Å²) in [6.45, 7) is 0. The van der Waals surface area contributed by atoms with Crippen molar-refractivity contribution in [3.63, 3.8) is 0 Å². The minimum Gasteiger partial charge on any atom is -0.550 e. The van der Waals surface area contributed by atoms with E-state index in [1.807, 2.05) is 0 Å². The van der Waals surface area contributed by atoms with Crippen molar-refractivity contribution < 1.29 is 82.7 Å². The fourth-order valence-electron chi connectivity index (χ4n) is 0.973. The number of rotatable bonds is 2. The first kappa shape index (κ1) is 18.5. The maximum Gasteiger partial charge on any atom is 1.00 e. The van der Waals surface area contributed by atoms with Crippen molar-refractivity contribution in [2.24, 2.45) is 0 Å². The fourth-order valence-corrected chi connectivity index (χ4v) is 1.34. The van der Waals surface area contributed by atoms with E-state index in [0.717, 1.165) is 0 Å². The molecule has 13 heteroatoms. The molecule has 0 aromatic heterocycles. The van der Waals surface area contributed by atoms with Gasteiger partial charge in [0.2, 0.25) is 0 Å². The molecule has 1 saturated heterocycles. The van der Waals surface area contributed by atoms with Crippen LogP contribution in [0.5, 0.6) is 0 Å². The van der Waals surface area contributed by atoms with Gasteiger partial charge >= 0.3 is 49.3 Å². The van der Waals surface area contributed by atoms with Crippen LogP contribution in [-0.2, 0) is 38.1 Å². The second-order valence-electron chi connectivity index (χ2n) is 3.20. The molecule has 0 aromatic rings. The van der Waals surface area contributed by atoms with Crippen molar-refractivity contribution in [3.8, 4) is 0 Å². The Hall–Kier alpha value is -0.520. The summed E-state index contributed by atoms with van der Waals surface area (Å²) in [5, 5.41) is 19.9. The summed E-state index contributed by atoms with van der Waals surface area (Å²) >= 11 is 0. The third kappa shape index (κ3) is 5.55. The molecular weight excluding hydrogens is 302 g/mol. The summed E-state index contributed by atoms with van der Waals surface area (Å²) in [6, 6.07) is 0. The van der Waals surface area contributed by atoms with E-state index in [1.54, 1.807) is 0 Å². The molecule has 1 fully saturated rings. The molecule has 1 aliphatic rings. The van der Waals surface area contributed by atoms with E-state index >= 15 is 0 Å². The van der Waals surface area contributed by atoms with Crippen molar-refractivity contribution >= 4 is 25.7 Å². The van der Waals surface area contributed by atoms with E-state index in [2.05, 4.69) is 19.1 Å². The first-order chi connectivity index (χ1) is 8.15. The summed E-state index contributed by atoms with van der Waals surface area (Å²) in [7, 11) is -5.01. The van der Waals surface area contributed by atoms with Gasteiger partial charge in [-0.25, -0.2) is 14.2 Å². The number of carbonyl (C=O) groups is 3. The number of aliphatic carboxylic acids is 1. The fraction of sp³-hybridized carbons (Fsp3) is 0.500. The molecule has 0 radical (unpaired) electrons. The van der Waals surface area contributed by atoms with Gasteiger partial charge in [0, 0.05) is 12.4 Å². The standard InChI is InChI=1S/C6H7O11P.Na/c7-3(8)1-6(11)2-4(9)14-16-18(12,13)17-15-5(6)10;/h11H,1-2H2,(H,7,8)(H,12,13);/q;+1/p-1. The molecule has 1 aliphatic heterocycles. The summed E-state index contributed by atoms with van der Waals surface area (Å²) in [5.74, 6) is -5.16. The Balaban J connectivity index is 0.00000324. The number of hydrogen-bond donors (Lipinski definition) is 2. The van der Waals surface area contributed by atoms with Gasteiger partial charge in [-0.3, -0.25) is 14.7 Å². The van der Waals surface area contributed by atoms with Crippen molar-refractivity contribution in [2.45, 2.75) is 18.4 Å². The molecule has 19 heavy (non-hydrogen) atoms. The Morgan fingerprint density at radius 2 is 1.89 bits per heavy atom. The molecule has 0 spiro atoms. The van der Waals surface area contributed by atoms with E-state index < -0.39 is 44.2 Å². The first-order valence-corrected chi connectivity index (χ1v) is 5.69. The molecule has 0 amide bonds. The van der Waals surface area contributed by atoms with Crippen LogP contribution < -0.4 is 34.7 Å². The van der Waals surface area contributed by atoms with Crippen molar-refractivity contribution in [1.82, 2.24) is 0 Å². The Labute approximate surface area is 127 Å². The number of aliphatic hydroxyl groups is 1. The largest absolute Gasteiger partial charge is 1.00 e.